The van der Waals surface area contributed by atoms with Gasteiger partial charge in [0.1, 0.15) is 6.04 Å². The predicted octanol–water partition coefficient (Wildman–Crippen LogP) is 1.61. The smallest absolute Gasteiger partial charge is 0.348 e. The molecule has 0 amide bonds. The third-order valence-electron chi connectivity index (χ3n) is 2.32. The van der Waals surface area contributed by atoms with Crippen LogP contribution in [0.15, 0.2) is 18.3 Å². The van der Waals surface area contributed by atoms with Crippen LogP contribution in [0.1, 0.15) is 11.7 Å². The van der Waals surface area contributed by atoms with Gasteiger partial charge in [0, 0.05) is 25.0 Å². The summed E-state index contributed by atoms with van der Waals surface area (Å²) in [6.45, 7) is 1.17. The number of nitrogens with zero attached hydrogens (tertiary/aromatic N) is 2. The van der Waals surface area contributed by atoms with Crippen LogP contribution in [0.4, 0.5) is 13.2 Å². The van der Waals surface area contributed by atoms with Gasteiger partial charge in [0.15, 0.2) is 0 Å². The zero-order valence-electron chi connectivity index (χ0n) is 9.33. The first-order valence-corrected chi connectivity index (χ1v) is 4.94. The van der Waals surface area contributed by atoms with E-state index in [2.05, 4.69) is 0 Å². The highest BCUT2D eigenvalue weighted by molar-refractivity contribution is 5.13. The van der Waals surface area contributed by atoms with E-state index in [1.807, 2.05) is 19.0 Å². The summed E-state index contributed by atoms with van der Waals surface area (Å²) < 4.78 is 38.9. The number of aromatic nitrogens is 1. The van der Waals surface area contributed by atoms with Gasteiger partial charge in [0.25, 0.3) is 0 Å². The summed E-state index contributed by atoms with van der Waals surface area (Å²) in [5, 5.41) is 0. The molecule has 0 saturated carbocycles. The molecule has 16 heavy (non-hydrogen) atoms. The number of likely N-dealkylation sites (N-methyl/N-ethyl adjacent to an activating group) is 1. The Balaban J connectivity index is 2.78. The van der Waals surface area contributed by atoms with Gasteiger partial charge in [-0.05, 0) is 26.2 Å². The molecule has 0 radical (unpaired) electrons. The van der Waals surface area contributed by atoms with E-state index in [9.17, 15) is 13.2 Å². The summed E-state index contributed by atoms with van der Waals surface area (Å²) in [7, 11) is 3.74. The number of nitrogens with two attached hydrogens (primary N) is 1. The molecule has 0 spiro atoms. The highest BCUT2D eigenvalue weighted by atomic mass is 19.4. The second kappa shape index (κ2) is 4.88. The van der Waals surface area contributed by atoms with Gasteiger partial charge >= 0.3 is 6.18 Å². The number of hydrogen-bond donors (Lipinski definition) is 1. The molecule has 0 fully saturated rings. The van der Waals surface area contributed by atoms with Gasteiger partial charge in [-0.25, -0.2) is 0 Å². The molecule has 0 aliphatic carbocycles. The van der Waals surface area contributed by atoms with Crippen LogP contribution in [-0.2, 0) is 6.54 Å². The molecule has 1 rings (SSSR count). The Hall–Kier alpha value is -1.01. The SMILES string of the molecule is CN(C)CCn1cccc1C(N)C(F)(F)F. The largest absolute Gasteiger partial charge is 0.409 e. The van der Waals surface area contributed by atoms with Crippen LogP contribution in [0.3, 0.4) is 0 Å². The van der Waals surface area contributed by atoms with Gasteiger partial charge in [-0.3, -0.25) is 0 Å². The fourth-order valence-electron chi connectivity index (χ4n) is 1.39. The maximum absolute atomic E-state index is 12.4. The van der Waals surface area contributed by atoms with Gasteiger partial charge in [0.05, 0.1) is 0 Å². The molecule has 0 aromatic carbocycles. The Morgan fingerprint density at radius 3 is 2.56 bits per heavy atom. The van der Waals surface area contributed by atoms with Gasteiger partial charge in [-0.15, -0.1) is 0 Å². The van der Waals surface area contributed by atoms with E-state index in [1.54, 1.807) is 12.3 Å². The van der Waals surface area contributed by atoms with Crippen LogP contribution in [0.2, 0.25) is 0 Å². The standard InChI is InChI=1S/C10H16F3N3/c1-15(2)6-7-16-5-3-4-8(16)9(14)10(11,12)13/h3-5,9H,6-7,14H2,1-2H3. The lowest BCUT2D eigenvalue weighted by molar-refractivity contribution is -0.150. The molecule has 1 aromatic heterocycles. The summed E-state index contributed by atoms with van der Waals surface area (Å²) in [6, 6.07) is 1.08. The van der Waals surface area contributed by atoms with Crippen molar-refractivity contribution in [3.63, 3.8) is 0 Å². The van der Waals surface area contributed by atoms with Gasteiger partial charge in [-0.2, -0.15) is 13.2 Å². The van der Waals surface area contributed by atoms with E-state index in [1.165, 1.54) is 10.6 Å². The molecular weight excluding hydrogens is 219 g/mol. The average molecular weight is 235 g/mol. The lowest BCUT2D eigenvalue weighted by Gasteiger charge is -2.19. The quantitative estimate of drug-likeness (QED) is 0.860. The van der Waals surface area contributed by atoms with Crippen molar-refractivity contribution >= 4 is 0 Å². The number of halogens is 3. The normalized spacial score (nSPS) is 14.4. The predicted molar refractivity (Wildman–Crippen MR) is 56.0 cm³/mol. The first kappa shape index (κ1) is 13.1. The Morgan fingerprint density at radius 1 is 1.44 bits per heavy atom. The highest BCUT2D eigenvalue weighted by Gasteiger charge is 2.39. The first-order chi connectivity index (χ1) is 7.32. The monoisotopic (exact) mass is 235 g/mol. The zero-order chi connectivity index (χ0) is 12.3. The molecule has 3 nitrogen and oxygen atoms in total. The van der Waals surface area contributed by atoms with E-state index in [0.29, 0.717) is 13.1 Å². The van der Waals surface area contributed by atoms with Crippen molar-refractivity contribution in [1.82, 2.24) is 9.47 Å². The summed E-state index contributed by atoms with van der Waals surface area (Å²) in [4.78, 5) is 1.91. The molecule has 0 aliphatic heterocycles. The zero-order valence-corrected chi connectivity index (χ0v) is 9.33. The molecular formula is C10H16F3N3. The summed E-state index contributed by atoms with van der Waals surface area (Å²) in [5.41, 5.74) is 5.27. The van der Waals surface area contributed by atoms with Crippen LogP contribution >= 0.6 is 0 Å². The highest BCUT2D eigenvalue weighted by Crippen LogP contribution is 2.30. The van der Waals surface area contributed by atoms with Crippen molar-refractivity contribution in [1.29, 1.82) is 0 Å². The van der Waals surface area contributed by atoms with Crippen molar-refractivity contribution in [2.75, 3.05) is 20.6 Å². The van der Waals surface area contributed by atoms with Crippen molar-refractivity contribution in [3.8, 4) is 0 Å². The first-order valence-electron chi connectivity index (χ1n) is 4.94. The van der Waals surface area contributed by atoms with Crippen LogP contribution in [0.5, 0.6) is 0 Å². The van der Waals surface area contributed by atoms with Gasteiger partial charge in [0.2, 0.25) is 0 Å². The molecule has 1 unspecified atom stereocenters. The Labute approximate surface area is 92.6 Å². The number of hydrogen-bond acceptors (Lipinski definition) is 2. The van der Waals surface area contributed by atoms with Crippen molar-refractivity contribution in [2.45, 2.75) is 18.8 Å². The van der Waals surface area contributed by atoms with E-state index < -0.39 is 12.2 Å². The minimum Gasteiger partial charge on any atom is -0.348 e. The Kier molecular flexibility index (Phi) is 3.98. The van der Waals surface area contributed by atoms with Crippen molar-refractivity contribution < 1.29 is 13.2 Å². The van der Waals surface area contributed by atoms with Gasteiger partial charge < -0.3 is 15.2 Å². The topological polar surface area (TPSA) is 34.2 Å². The fourth-order valence-corrected chi connectivity index (χ4v) is 1.39. The minimum atomic E-state index is -4.39. The number of alkyl halides is 3. The molecule has 0 aliphatic rings. The molecule has 1 atom stereocenters. The maximum atomic E-state index is 12.4. The van der Waals surface area contributed by atoms with Crippen LogP contribution in [0.25, 0.3) is 0 Å². The fraction of sp³-hybridized carbons (Fsp3) is 0.600. The summed E-state index contributed by atoms with van der Waals surface area (Å²) in [6.07, 6.45) is -2.78. The molecule has 92 valence electrons. The van der Waals surface area contributed by atoms with Gasteiger partial charge in [-0.1, -0.05) is 0 Å². The van der Waals surface area contributed by atoms with E-state index in [4.69, 9.17) is 5.73 Å². The summed E-state index contributed by atoms with van der Waals surface area (Å²) in [5.74, 6) is 0. The average Bonchev–Trinajstić information content (AvgIpc) is 2.59. The van der Waals surface area contributed by atoms with Crippen LogP contribution < -0.4 is 5.73 Å². The molecule has 0 bridgehead atoms. The molecule has 0 saturated heterocycles. The van der Waals surface area contributed by atoms with Crippen molar-refractivity contribution in [2.24, 2.45) is 5.73 Å². The third kappa shape index (κ3) is 3.24. The van der Waals surface area contributed by atoms with E-state index in [-0.39, 0.29) is 5.69 Å². The summed E-state index contributed by atoms with van der Waals surface area (Å²) >= 11 is 0. The Bertz CT molecular complexity index is 330. The lowest BCUT2D eigenvalue weighted by Crippen LogP contribution is -2.31. The third-order valence-corrected chi connectivity index (χ3v) is 2.32. The van der Waals surface area contributed by atoms with Crippen LogP contribution in [0, 0.1) is 0 Å². The van der Waals surface area contributed by atoms with E-state index >= 15 is 0 Å². The lowest BCUT2D eigenvalue weighted by atomic mass is 10.2. The van der Waals surface area contributed by atoms with Crippen LogP contribution in [-0.4, -0.2) is 36.3 Å². The second-order valence-electron chi connectivity index (χ2n) is 3.95. The minimum absolute atomic E-state index is 0.106. The molecule has 1 heterocycles. The molecule has 6 heteroatoms. The molecule has 1 aromatic rings. The second-order valence-corrected chi connectivity index (χ2v) is 3.95. The van der Waals surface area contributed by atoms with Crippen molar-refractivity contribution in [3.05, 3.63) is 24.0 Å². The maximum Gasteiger partial charge on any atom is 0.409 e. The Morgan fingerprint density at radius 2 is 2.06 bits per heavy atom. The number of rotatable bonds is 4. The van der Waals surface area contributed by atoms with E-state index in [0.717, 1.165) is 0 Å². The molecule has 2 N–H and O–H groups in total.